The SMILES string of the molecule is Cc1ccc(-c2noc(=O)[nH]2)c(F)c1. The van der Waals surface area contributed by atoms with Crippen LogP contribution >= 0.6 is 0 Å². The smallest absolute Gasteiger partial charge is 0.296 e. The molecule has 1 heterocycles. The normalized spacial score (nSPS) is 10.4. The molecule has 0 saturated heterocycles. The van der Waals surface area contributed by atoms with Gasteiger partial charge in [0.15, 0.2) is 5.82 Å². The highest BCUT2D eigenvalue weighted by molar-refractivity contribution is 5.55. The second kappa shape index (κ2) is 3.10. The van der Waals surface area contributed by atoms with E-state index in [0.29, 0.717) is 0 Å². The summed E-state index contributed by atoms with van der Waals surface area (Å²) >= 11 is 0. The van der Waals surface area contributed by atoms with Crippen LogP contribution < -0.4 is 5.76 Å². The maximum Gasteiger partial charge on any atom is 0.439 e. The van der Waals surface area contributed by atoms with Gasteiger partial charge in [-0.05, 0) is 24.6 Å². The molecule has 1 N–H and O–H groups in total. The zero-order valence-electron chi connectivity index (χ0n) is 7.37. The van der Waals surface area contributed by atoms with Crippen LogP contribution in [0.25, 0.3) is 11.4 Å². The number of rotatable bonds is 1. The lowest BCUT2D eigenvalue weighted by molar-refractivity contribution is 0.387. The Morgan fingerprint density at radius 3 is 2.86 bits per heavy atom. The van der Waals surface area contributed by atoms with E-state index in [2.05, 4.69) is 14.7 Å². The number of nitrogens with zero attached hydrogens (tertiary/aromatic N) is 1. The minimum absolute atomic E-state index is 0.104. The maximum absolute atomic E-state index is 13.3. The first-order valence-electron chi connectivity index (χ1n) is 3.99. The molecule has 0 aliphatic carbocycles. The van der Waals surface area contributed by atoms with Gasteiger partial charge in [0.05, 0.1) is 5.56 Å². The minimum Gasteiger partial charge on any atom is -0.296 e. The van der Waals surface area contributed by atoms with Crippen molar-refractivity contribution in [3.8, 4) is 11.4 Å². The first-order valence-corrected chi connectivity index (χ1v) is 3.99. The summed E-state index contributed by atoms with van der Waals surface area (Å²) in [6.45, 7) is 1.78. The summed E-state index contributed by atoms with van der Waals surface area (Å²) in [5.74, 6) is -1.03. The summed E-state index contributed by atoms with van der Waals surface area (Å²) in [4.78, 5) is 12.9. The molecule has 0 bridgehead atoms. The Bertz CT molecular complexity index is 516. The van der Waals surface area contributed by atoms with Crippen molar-refractivity contribution in [2.45, 2.75) is 6.92 Å². The number of aromatic nitrogens is 2. The summed E-state index contributed by atoms with van der Waals surface area (Å²) in [6, 6.07) is 4.63. The zero-order valence-corrected chi connectivity index (χ0v) is 7.37. The number of hydrogen-bond donors (Lipinski definition) is 1. The van der Waals surface area contributed by atoms with E-state index in [9.17, 15) is 9.18 Å². The van der Waals surface area contributed by atoms with Crippen molar-refractivity contribution in [1.29, 1.82) is 0 Å². The molecule has 0 fully saturated rings. The highest BCUT2D eigenvalue weighted by Crippen LogP contribution is 2.18. The van der Waals surface area contributed by atoms with E-state index in [1.165, 1.54) is 6.07 Å². The lowest BCUT2D eigenvalue weighted by atomic mass is 10.1. The second-order valence-electron chi connectivity index (χ2n) is 2.93. The Balaban J connectivity index is 2.57. The van der Waals surface area contributed by atoms with Gasteiger partial charge in [-0.15, -0.1) is 0 Å². The maximum atomic E-state index is 13.3. The Morgan fingerprint density at radius 2 is 2.29 bits per heavy atom. The molecule has 0 radical (unpaired) electrons. The molecule has 4 nitrogen and oxygen atoms in total. The number of nitrogens with one attached hydrogen (secondary N) is 1. The highest BCUT2D eigenvalue weighted by atomic mass is 19.1. The summed E-state index contributed by atoms with van der Waals surface area (Å²) < 4.78 is 17.6. The van der Waals surface area contributed by atoms with Gasteiger partial charge < -0.3 is 0 Å². The van der Waals surface area contributed by atoms with Crippen LogP contribution in [0.3, 0.4) is 0 Å². The van der Waals surface area contributed by atoms with Crippen molar-refractivity contribution in [2.24, 2.45) is 0 Å². The lowest BCUT2D eigenvalue weighted by Gasteiger charge is -1.98. The fraction of sp³-hybridized carbons (Fsp3) is 0.111. The number of aryl methyl sites for hydroxylation is 1. The van der Waals surface area contributed by atoms with E-state index in [4.69, 9.17) is 0 Å². The van der Waals surface area contributed by atoms with Gasteiger partial charge in [-0.25, -0.2) is 9.18 Å². The molecule has 1 aromatic heterocycles. The molecule has 0 aliphatic rings. The van der Waals surface area contributed by atoms with E-state index in [0.717, 1.165) is 5.56 Å². The number of halogens is 1. The Morgan fingerprint density at radius 1 is 1.50 bits per heavy atom. The van der Waals surface area contributed by atoms with Gasteiger partial charge in [-0.2, -0.15) is 0 Å². The molecule has 0 saturated carbocycles. The second-order valence-corrected chi connectivity index (χ2v) is 2.93. The van der Waals surface area contributed by atoms with E-state index in [-0.39, 0.29) is 11.4 Å². The van der Waals surface area contributed by atoms with Crippen molar-refractivity contribution < 1.29 is 8.91 Å². The van der Waals surface area contributed by atoms with Crippen LogP contribution in [0.15, 0.2) is 27.5 Å². The molecule has 0 unspecified atom stereocenters. The van der Waals surface area contributed by atoms with Gasteiger partial charge in [0.25, 0.3) is 0 Å². The summed E-state index contributed by atoms with van der Waals surface area (Å²) in [5.41, 5.74) is 1.03. The Hall–Kier alpha value is -1.91. The first kappa shape index (κ1) is 8.68. The van der Waals surface area contributed by atoms with Gasteiger partial charge in [0, 0.05) is 0 Å². The van der Waals surface area contributed by atoms with E-state index >= 15 is 0 Å². The monoisotopic (exact) mass is 194 g/mol. The van der Waals surface area contributed by atoms with Gasteiger partial charge in [-0.3, -0.25) is 9.51 Å². The molecule has 2 rings (SSSR count). The van der Waals surface area contributed by atoms with E-state index < -0.39 is 11.6 Å². The van der Waals surface area contributed by atoms with Crippen LogP contribution in [0, 0.1) is 12.7 Å². The third-order valence-corrected chi connectivity index (χ3v) is 1.82. The largest absolute Gasteiger partial charge is 0.439 e. The number of aromatic amines is 1. The average Bonchev–Trinajstić information content (AvgIpc) is 2.51. The number of H-pyrrole nitrogens is 1. The van der Waals surface area contributed by atoms with Gasteiger partial charge in [0.2, 0.25) is 0 Å². The summed E-state index contributed by atoms with van der Waals surface area (Å²) in [7, 11) is 0. The van der Waals surface area contributed by atoms with Crippen molar-refractivity contribution >= 4 is 0 Å². The Kier molecular flexibility index (Phi) is 1.92. The summed E-state index contributed by atoms with van der Waals surface area (Å²) in [5, 5.41) is 3.39. The molecule has 0 spiro atoms. The predicted molar refractivity (Wildman–Crippen MR) is 47.3 cm³/mol. The minimum atomic E-state index is -0.694. The first-order chi connectivity index (χ1) is 6.66. The quantitative estimate of drug-likeness (QED) is 0.747. The third kappa shape index (κ3) is 1.44. The van der Waals surface area contributed by atoms with Crippen LogP contribution in [-0.2, 0) is 0 Å². The average molecular weight is 194 g/mol. The van der Waals surface area contributed by atoms with Crippen molar-refractivity contribution in [3.05, 3.63) is 40.1 Å². The van der Waals surface area contributed by atoms with E-state index in [1.54, 1.807) is 19.1 Å². The molecule has 0 aliphatic heterocycles. The molecule has 72 valence electrons. The highest BCUT2D eigenvalue weighted by Gasteiger charge is 2.09. The fourth-order valence-corrected chi connectivity index (χ4v) is 1.16. The fourth-order valence-electron chi connectivity index (χ4n) is 1.16. The van der Waals surface area contributed by atoms with E-state index in [1.807, 2.05) is 0 Å². The lowest BCUT2D eigenvalue weighted by Crippen LogP contribution is -1.95. The third-order valence-electron chi connectivity index (χ3n) is 1.82. The van der Waals surface area contributed by atoms with Crippen LogP contribution in [0.1, 0.15) is 5.56 Å². The number of hydrogen-bond acceptors (Lipinski definition) is 3. The molecular weight excluding hydrogens is 187 g/mol. The predicted octanol–water partition coefficient (Wildman–Crippen LogP) is 1.48. The van der Waals surface area contributed by atoms with Gasteiger partial charge in [0.1, 0.15) is 5.82 Å². The van der Waals surface area contributed by atoms with Gasteiger partial charge in [-0.1, -0.05) is 11.2 Å². The Labute approximate surface area is 78.4 Å². The van der Waals surface area contributed by atoms with Gasteiger partial charge >= 0.3 is 5.76 Å². The molecule has 0 atom stereocenters. The molecule has 1 aromatic carbocycles. The van der Waals surface area contributed by atoms with Crippen LogP contribution in [0.5, 0.6) is 0 Å². The standard InChI is InChI=1S/C9H7FN2O2/c1-5-2-3-6(7(10)4-5)8-11-9(13)14-12-8/h2-4H,1H3,(H,11,12,13). The van der Waals surface area contributed by atoms with Crippen LogP contribution in [0.4, 0.5) is 4.39 Å². The number of benzene rings is 1. The molecule has 5 heteroatoms. The summed E-state index contributed by atoms with van der Waals surface area (Å²) in [6.07, 6.45) is 0. The topological polar surface area (TPSA) is 58.9 Å². The zero-order chi connectivity index (χ0) is 10.1. The van der Waals surface area contributed by atoms with Crippen molar-refractivity contribution in [1.82, 2.24) is 10.1 Å². The molecule has 0 amide bonds. The molecule has 2 aromatic rings. The molecular formula is C9H7FN2O2. The molecule has 14 heavy (non-hydrogen) atoms. The van der Waals surface area contributed by atoms with Crippen molar-refractivity contribution in [3.63, 3.8) is 0 Å². The van der Waals surface area contributed by atoms with Crippen LogP contribution in [0.2, 0.25) is 0 Å². The van der Waals surface area contributed by atoms with Crippen molar-refractivity contribution in [2.75, 3.05) is 0 Å². The van der Waals surface area contributed by atoms with Crippen LogP contribution in [-0.4, -0.2) is 10.1 Å².